The van der Waals surface area contributed by atoms with E-state index in [1.807, 2.05) is 46.9 Å². The number of aromatic nitrogens is 1. The van der Waals surface area contributed by atoms with Gasteiger partial charge in [0.25, 0.3) is 0 Å². The normalized spacial score (nSPS) is 12.5. The van der Waals surface area contributed by atoms with Crippen LogP contribution in [0.15, 0.2) is 64.7 Å². The SMILES string of the molecule is C#C/C(F)=C/Cn1c2ccccc2c2cc(C(N)=NN=N)ccc21. The van der Waals surface area contributed by atoms with Gasteiger partial charge < -0.3 is 10.3 Å². The number of hydrogen-bond acceptors (Lipinski definition) is 2. The maximum absolute atomic E-state index is 13.3. The number of para-hydroxylation sites is 1. The standard InChI is InChI=1S/C18H14FN5/c1-2-13(19)9-10-24-16-6-4-3-5-14(16)15-11-12(7-8-17(15)24)18(20)22-23-21/h1,3-9,11H,10H2,(H3,20,21,22)/b13-9-. The van der Waals surface area contributed by atoms with Crippen LogP contribution in [0.5, 0.6) is 0 Å². The Kier molecular flexibility index (Phi) is 4.08. The molecule has 2 aromatic carbocycles. The van der Waals surface area contributed by atoms with Gasteiger partial charge in [-0.2, -0.15) is 9.92 Å². The van der Waals surface area contributed by atoms with Crippen molar-refractivity contribution in [1.29, 1.82) is 5.53 Å². The average molecular weight is 319 g/mol. The van der Waals surface area contributed by atoms with Gasteiger partial charge in [0.1, 0.15) is 0 Å². The Balaban J connectivity index is 2.26. The third-order valence-corrected chi connectivity index (χ3v) is 3.82. The van der Waals surface area contributed by atoms with Crippen molar-refractivity contribution in [2.45, 2.75) is 6.54 Å². The number of nitrogens with one attached hydrogen (secondary N) is 1. The minimum absolute atomic E-state index is 0.169. The number of halogens is 1. The summed E-state index contributed by atoms with van der Waals surface area (Å²) in [6, 6.07) is 13.4. The second-order valence-corrected chi connectivity index (χ2v) is 5.14. The molecule has 0 saturated heterocycles. The van der Waals surface area contributed by atoms with Crippen LogP contribution in [0.4, 0.5) is 4.39 Å². The van der Waals surface area contributed by atoms with Crippen LogP contribution in [0.3, 0.4) is 0 Å². The maximum Gasteiger partial charge on any atom is 0.170 e. The molecule has 6 heteroatoms. The number of terminal acetylenes is 1. The van der Waals surface area contributed by atoms with Crippen molar-refractivity contribution in [2.24, 2.45) is 16.1 Å². The number of amidine groups is 1. The summed E-state index contributed by atoms with van der Waals surface area (Å²) in [5, 5.41) is 8.49. The van der Waals surface area contributed by atoms with Crippen molar-refractivity contribution in [3.05, 3.63) is 59.9 Å². The topological polar surface area (TPSA) is 79.5 Å². The second-order valence-electron chi connectivity index (χ2n) is 5.14. The van der Waals surface area contributed by atoms with E-state index in [0.717, 1.165) is 21.8 Å². The van der Waals surface area contributed by atoms with E-state index < -0.39 is 5.83 Å². The Morgan fingerprint density at radius 2 is 2.00 bits per heavy atom. The molecular weight excluding hydrogens is 305 g/mol. The Labute approximate surface area is 137 Å². The van der Waals surface area contributed by atoms with Crippen molar-refractivity contribution in [3.63, 3.8) is 0 Å². The van der Waals surface area contributed by atoms with Gasteiger partial charge in [-0.1, -0.05) is 23.4 Å². The predicted octanol–water partition coefficient (Wildman–Crippen LogP) is 3.93. The van der Waals surface area contributed by atoms with E-state index in [9.17, 15) is 4.39 Å². The van der Waals surface area contributed by atoms with Crippen LogP contribution < -0.4 is 5.73 Å². The van der Waals surface area contributed by atoms with Crippen LogP contribution in [0, 0.1) is 17.9 Å². The summed E-state index contributed by atoms with van der Waals surface area (Å²) in [4.78, 5) is 0. The molecule has 0 saturated carbocycles. The van der Waals surface area contributed by atoms with Crippen LogP contribution >= 0.6 is 0 Å². The summed E-state index contributed by atoms with van der Waals surface area (Å²) in [6.45, 7) is 0.324. The molecule has 0 aliphatic heterocycles. The number of nitrogens with two attached hydrogens (primary N) is 1. The third kappa shape index (κ3) is 2.63. The van der Waals surface area contributed by atoms with E-state index in [1.54, 1.807) is 6.07 Å². The van der Waals surface area contributed by atoms with Crippen LogP contribution in [0.25, 0.3) is 21.8 Å². The molecule has 3 rings (SSSR count). The highest BCUT2D eigenvalue weighted by atomic mass is 19.1. The molecule has 1 heterocycles. The van der Waals surface area contributed by atoms with E-state index in [4.69, 9.17) is 17.7 Å². The molecule has 0 atom stereocenters. The highest BCUT2D eigenvalue weighted by Crippen LogP contribution is 2.30. The predicted molar refractivity (Wildman–Crippen MR) is 93.3 cm³/mol. The Bertz CT molecular complexity index is 1040. The molecule has 0 aliphatic rings. The highest BCUT2D eigenvalue weighted by Gasteiger charge is 2.11. The molecular formula is C18H14FN5. The largest absolute Gasteiger partial charge is 0.382 e. The minimum atomic E-state index is -0.592. The van der Waals surface area contributed by atoms with Crippen LogP contribution in [-0.4, -0.2) is 10.4 Å². The first kappa shape index (κ1) is 15.4. The van der Waals surface area contributed by atoms with E-state index in [0.29, 0.717) is 12.1 Å². The van der Waals surface area contributed by atoms with Crippen molar-refractivity contribution in [3.8, 4) is 12.3 Å². The van der Waals surface area contributed by atoms with Gasteiger partial charge in [0, 0.05) is 33.9 Å². The highest BCUT2D eigenvalue weighted by molar-refractivity contribution is 6.11. The first-order valence-corrected chi connectivity index (χ1v) is 7.19. The lowest BCUT2D eigenvalue weighted by molar-refractivity contribution is 0.664. The number of fused-ring (bicyclic) bond motifs is 3. The molecule has 0 fully saturated rings. The summed E-state index contributed by atoms with van der Waals surface area (Å²) in [6.07, 6.45) is 6.43. The summed E-state index contributed by atoms with van der Waals surface area (Å²) >= 11 is 0. The van der Waals surface area contributed by atoms with Crippen molar-refractivity contribution < 1.29 is 4.39 Å². The summed E-state index contributed by atoms with van der Waals surface area (Å²) in [7, 11) is 0. The molecule has 0 bridgehead atoms. The van der Waals surface area contributed by atoms with Crippen molar-refractivity contribution >= 4 is 27.6 Å². The number of rotatable bonds is 4. The first-order valence-electron chi connectivity index (χ1n) is 7.19. The van der Waals surface area contributed by atoms with Gasteiger partial charge in [0.05, 0.1) is 0 Å². The van der Waals surface area contributed by atoms with Gasteiger partial charge in [0.2, 0.25) is 0 Å². The zero-order valence-corrected chi connectivity index (χ0v) is 12.7. The van der Waals surface area contributed by atoms with E-state index in [-0.39, 0.29) is 5.84 Å². The van der Waals surface area contributed by atoms with Gasteiger partial charge >= 0.3 is 0 Å². The van der Waals surface area contributed by atoms with E-state index in [1.165, 1.54) is 6.08 Å². The Morgan fingerprint density at radius 1 is 1.25 bits per heavy atom. The van der Waals surface area contributed by atoms with Crippen LogP contribution in [0.2, 0.25) is 0 Å². The zero-order chi connectivity index (χ0) is 17.1. The van der Waals surface area contributed by atoms with Gasteiger partial charge in [0.15, 0.2) is 11.7 Å². The summed E-state index contributed by atoms with van der Waals surface area (Å²) in [5.41, 5.74) is 15.2. The van der Waals surface area contributed by atoms with Gasteiger partial charge in [-0.05, 0) is 36.3 Å². The fourth-order valence-electron chi connectivity index (χ4n) is 2.75. The molecule has 24 heavy (non-hydrogen) atoms. The number of benzene rings is 2. The van der Waals surface area contributed by atoms with E-state index in [2.05, 4.69) is 10.3 Å². The number of hydrogen-bond donors (Lipinski definition) is 2. The fraction of sp³-hybridized carbons (Fsp3) is 0.0556. The summed E-state index contributed by atoms with van der Waals surface area (Å²) in [5.74, 6) is 1.56. The fourth-order valence-corrected chi connectivity index (χ4v) is 2.75. The van der Waals surface area contributed by atoms with Crippen LogP contribution in [0.1, 0.15) is 5.56 Å². The van der Waals surface area contributed by atoms with Crippen molar-refractivity contribution in [1.82, 2.24) is 4.57 Å². The van der Waals surface area contributed by atoms with Crippen molar-refractivity contribution in [2.75, 3.05) is 0 Å². The average Bonchev–Trinajstić information content (AvgIpc) is 2.93. The molecule has 3 N–H and O–H groups in total. The van der Waals surface area contributed by atoms with Gasteiger partial charge in [-0.25, -0.2) is 0 Å². The van der Waals surface area contributed by atoms with E-state index >= 15 is 0 Å². The second kappa shape index (κ2) is 6.34. The molecule has 0 radical (unpaired) electrons. The quantitative estimate of drug-likeness (QED) is 0.247. The minimum Gasteiger partial charge on any atom is -0.382 e. The van der Waals surface area contributed by atoms with Gasteiger partial charge in [-0.15, -0.1) is 11.5 Å². The number of allylic oxidation sites excluding steroid dienone is 2. The molecule has 3 aromatic rings. The molecule has 0 spiro atoms. The number of nitrogens with zero attached hydrogens (tertiary/aromatic N) is 3. The molecule has 5 nitrogen and oxygen atoms in total. The lowest BCUT2D eigenvalue weighted by Gasteiger charge is -2.04. The molecule has 0 amide bonds. The molecule has 0 unspecified atom stereocenters. The molecule has 118 valence electrons. The lowest BCUT2D eigenvalue weighted by atomic mass is 10.1. The maximum atomic E-state index is 13.3. The lowest BCUT2D eigenvalue weighted by Crippen LogP contribution is -2.12. The zero-order valence-electron chi connectivity index (χ0n) is 12.7. The van der Waals surface area contributed by atoms with Crippen LogP contribution in [-0.2, 0) is 6.54 Å². The summed E-state index contributed by atoms with van der Waals surface area (Å²) < 4.78 is 15.3. The Hall–Kier alpha value is -3.46. The monoisotopic (exact) mass is 319 g/mol. The smallest absolute Gasteiger partial charge is 0.170 e. The van der Waals surface area contributed by atoms with Gasteiger partial charge in [-0.3, -0.25) is 0 Å². The first-order chi connectivity index (χ1) is 11.7. The third-order valence-electron chi connectivity index (χ3n) is 3.82. The Morgan fingerprint density at radius 3 is 2.75 bits per heavy atom. The molecule has 0 aliphatic carbocycles. The molecule has 1 aromatic heterocycles.